The lowest BCUT2D eigenvalue weighted by molar-refractivity contribution is -0.389. The van der Waals surface area contributed by atoms with Gasteiger partial charge in [-0.1, -0.05) is 0 Å². The summed E-state index contributed by atoms with van der Waals surface area (Å²) >= 11 is 0. The number of hydrogen-bond donors (Lipinski definition) is 0. The van der Waals surface area contributed by atoms with E-state index in [0.717, 1.165) is 16.8 Å². The normalized spacial score (nSPS) is 10.2. The Hall–Kier alpha value is -3.10. The minimum atomic E-state index is -0.702. The zero-order valence-electron chi connectivity index (χ0n) is 10.2. The molecule has 0 N–H and O–H groups in total. The summed E-state index contributed by atoms with van der Waals surface area (Å²) in [4.78, 5) is 31.4. The average Bonchev–Trinajstić information content (AvgIpc) is 2.87. The van der Waals surface area contributed by atoms with Gasteiger partial charge in [0.25, 0.3) is 5.69 Å². The van der Waals surface area contributed by atoms with Gasteiger partial charge in [0, 0.05) is 11.6 Å². The fraction of sp³-hybridized carbons (Fsp3) is 0.0909. The van der Waals surface area contributed by atoms with E-state index in [1.165, 1.54) is 25.3 Å². The molecular weight excluding hydrogens is 268 g/mol. The molecule has 1 heterocycles. The molecule has 9 heteroatoms. The number of carbonyl (C=O) groups is 1. The number of aromatic nitrogens is 2. The molecule has 0 aliphatic heterocycles. The highest BCUT2D eigenvalue weighted by Crippen LogP contribution is 2.25. The highest BCUT2D eigenvalue weighted by molar-refractivity contribution is 5.95. The summed E-state index contributed by atoms with van der Waals surface area (Å²) in [6.45, 7) is 1.29. The van der Waals surface area contributed by atoms with Crippen LogP contribution in [0.3, 0.4) is 0 Å². The molecule has 2 aromatic rings. The third-order valence-corrected chi connectivity index (χ3v) is 2.59. The first kappa shape index (κ1) is 13.3. The molecule has 9 nitrogen and oxygen atoms in total. The van der Waals surface area contributed by atoms with Crippen LogP contribution < -0.4 is 0 Å². The van der Waals surface area contributed by atoms with Crippen molar-refractivity contribution in [1.82, 2.24) is 9.78 Å². The number of nitro groups is 2. The molecular formula is C11H8N4O5. The van der Waals surface area contributed by atoms with Crippen LogP contribution >= 0.6 is 0 Å². The molecule has 0 spiro atoms. The maximum atomic E-state index is 11.2. The van der Waals surface area contributed by atoms with Crippen molar-refractivity contribution in [2.24, 2.45) is 0 Å². The second-order valence-electron chi connectivity index (χ2n) is 3.89. The van der Waals surface area contributed by atoms with Gasteiger partial charge in [0.1, 0.15) is 0 Å². The molecule has 20 heavy (non-hydrogen) atoms. The third kappa shape index (κ3) is 2.36. The maximum absolute atomic E-state index is 11.2. The molecule has 0 aliphatic rings. The van der Waals surface area contributed by atoms with E-state index in [1.807, 2.05) is 0 Å². The molecule has 0 saturated heterocycles. The van der Waals surface area contributed by atoms with Crippen molar-refractivity contribution >= 4 is 17.3 Å². The molecule has 102 valence electrons. The predicted molar refractivity (Wildman–Crippen MR) is 66.9 cm³/mol. The predicted octanol–water partition coefficient (Wildman–Crippen LogP) is 1.89. The number of benzene rings is 1. The number of nitro benzene ring substituents is 1. The Labute approximate surface area is 111 Å². The lowest BCUT2D eigenvalue weighted by Crippen LogP contribution is -2.03. The van der Waals surface area contributed by atoms with Gasteiger partial charge in [0.15, 0.2) is 11.5 Å². The van der Waals surface area contributed by atoms with Crippen LogP contribution in [0, 0.1) is 20.2 Å². The molecule has 0 aliphatic carbocycles. The number of hydrogen-bond acceptors (Lipinski definition) is 6. The molecule has 1 aromatic carbocycles. The molecule has 0 bridgehead atoms. The smallest absolute Gasteiger partial charge is 0.358 e. The van der Waals surface area contributed by atoms with Gasteiger partial charge >= 0.3 is 5.82 Å². The van der Waals surface area contributed by atoms with Gasteiger partial charge in [0.05, 0.1) is 22.3 Å². The van der Waals surface area contributed by atoms with E-state index in [0.29, 0.717) is 0 Å². The quantitative estimate of drug-likeness (QED) is 0.477. The van der Waals surface area contributed by atoms with Gasteiger partial charge in [-0.25, -0.2) is 0 Å². The number of Topliss-reactive ketones (excluding diaryl/α,β-unsaturated/α-hetero) is 1. The molecule has 0 atom stereocenters. The monoisotopic (exact) mass is 276 g/mol. The van der Waals surface area contributed by atoms with Crippen LogP contribution in [0.1, 0.15) is 17.3 Å². The van der Waals surface area contributed by atoms with Crippen LogP contribution in [0.15, 0.2) is 30.5 Å². The Morgan fingerprint density at radius 3 is 2.40 bits per heavy atom. The van der Waals surface area contributed by atoms with Gasteiger partial charge in [0.2, 0.25) is 0 Å². The second kappa shape index (κ2) is 4.88. The average molecular weight is 276 g/mol. The first-order valence-electron chi connectivity index (χ1n) is 5.40. The van der Waals surface area contributed by atoms with Gasteiger partial charge in [-0.05, 0) is 24.0 Å². The highest BCUT2D eigenvalue weighted by Gasteiger charge is 2.22. The van der Waals surface area contributed by atoms with E-state index in [-0.39, 0.29) is 22.7 Å². The lowest BCUT2D eigenvalue weighted by Gasteiger charge is -2.01. The minimum Gasteiger partial charge on any atom is -0.358 e. The Morgan fingerprint density at radius 2 is 1.90 bits per heavy atom. The maximum Gasteiger partial charge on any atom is 0.390 e. The van der Waals surface area contributed by atoms with E-state index in [4.69, 9.17) is 0 Å². The molecule has 0 amide bonds. The summed E-state index contributed by atoms with van der Waals surface area (Å²) in [6.07, 6.45) is 1.24. The van der Waals surface area contributed by atoms with E-state index in [2.05, 4.69) is 5.10 Å². The first-order chi connectivity index (χ1) is 9.40. The standard InChI is InChI=1S/C11H8N4O5/c1-7(16)8-2-3-9(10(6-8)14(17)18)13-5-4-11(12-13)15(19)20/h2-6H,1H3. The van der Waals surface area contributed by atoms with E-state index in [9.17, 15) is 25.0 Å². The van der Waals surface area contributed by atoms with Gasteiger partial charge in [-0.15, -0.1) is 4.68 Å². The number of nitrogens with zero attached hydrogens (tertiary/aromatic N) is 4. The highest BCUT2D eigenvalue weighted by atomic mass is 16.6. The second-order valence-corrected chi connectivity index (χ2v) is 3.89. The molecule has 1 aromatic heterocycles. The van der Waals surface area contributed by atoms with Crippen molar-refractivity contribution in [3.8, 4) is 5.69 Å². The Kier molecular flexibility index (Phi) is 3.25. The number of rotatable bonds is 4. The van der Waals surface area contributed by atoms with Crippen LogP contribution in [-0.4, -0.2) is 25.4 Å². The molecule has 0 unspecified atom stereocenters. The number of carbonyl (C=O) groups excluding carboxylic acids is 1. The van der Waals surface area contributed by atoms with Crippen LogP contribution in [-0.2, 0) is 0 Å². The topological polar surface area (TPSA) is 121 Å². The van der Waals surface area contributed by atoms with Crippen molar-refractivity contribution in [1.29, 1.82) is 0 Å². The molecule has 0 saturated carbocycles. The fourth-order valence-corrected chi connectivity index (χ4v) is 1.63. The van der Waals surface area contributed by atoms with Crippen molar-refractivity contribution in [3.05, 3.63) is 56.3 Å². The molecule has 2 rings (SSSR count). The molecule has 0 fully saturated rings. The van der Waals surface area contributed by atoms with Crippen molar-refractivity contribution < 1.29 is 14.6 Å². The minimum absolute atomic E-state index is 0.0492. The van der Waals surface area contributed by atoms with Crippen LogP contribution in [0.4, 0.5) is 11.5 Å². The fourth-order valence-electron chi connectivity index (χ4n) is 1.63. The van der Waals surface area contributed by atoms with Gasteiger partial charge in [-0.2, -0.15) is 0 Å². The number of ketones is 1. The summed E-state index contributed by atoms with van der Waals surface area (Å²) in [6, 6.07) is 4.97. The zero-order chi connectivity index (χ0) is 14.9. The van der Waals surface area contributed by atoms with E-state index < -0.39 is 15.7 Å². The van der Waals surface area contributed by atoms with Crippen LogP contribution in [0.2, 0.25) is 0 Å². The SMILES string of the molecule is CC(=O)c1ccc(-n2ccc([N+](=O)[O-])n2)c([N+](=O)[O-])c1. The first-order valence-corrected chi connectivity index (χ1v) is 5.40. The summed E-state index contributed by atoms with van der Waals surface area (Å²) in [5.74, 6) is -0.735. The zero-order valence-corrected chi connectivity index (χ0v) is 10.2. The van der Waals surface area contributed by atoms with E-state index in [1.54, 1.807) is 0 Å². The van der Waals surface area contributed by atoms with Gasteiger partial charge in [-0.3, -0.25) is 14.9 Å². The van der Waals surface area contributed by atoms with Crippen molar-refractivity contribution in [2.45, 2.75) is 6.92 Å². The molecule has 0 radical (unpaired) electrons. The van der Waals surface area contributed by atoms with Crippen LogP contribution in [0.25, 0.3) is 5.69 Å². The lowest BCUT2D eigenvalue weighted by atomic mass is 10.1. The Balaban J connectivity index is 2.57. The summed E-state index contributed by atoms with van der Waals surface area (Å²) < 4.78 is 1.03. The Bertz CT molecular complexity index is 721. The van der Waals surface area contributed by atoms with Crippen molar-refractivity contribution in [3.63, 3.8) is 0 Å². The van der Waals surface area contributed by atoms with Crippen LogP contribution in [0.5, 0.6) is 0 Å². The van der Waals surface area contributed by atoms with Gasteiger partial charge < -0.3 is 10.1 Å². The summed E-state index contributed by atoms with van der Waals surface area (Å²) in [7, 11) is 0. The summed E-state index contributed by atoms with van der Waals surface area (Å²) in [5, 5.41) is 25.2. The largest absolute Gasteiger partial charge is 0.390 e. The van der Waals surface area contributed by atoms with Crippen molar-refractivity contribution in [2.75, 3.05) is 0 Å². The third-order valence-electron chi connectivity index (χ3n) is 2.59. The Morgan fingerprint density at radius 1 is 1.20 bits per heavy atom. The van der Waals surface area contributed by atoms with E-state index >= 15 is 0 Å². The summed E-state index contributed by atoms with van der Waals surface area (Å²) in [5.41, 5.74) is -0.120.